The molecule has 0 fully saturated rings. The molecule has 0 amide bonds. The highest BCUT2D eigenvalue weighted by Gasteiger charge is 2.19. The minimum Gasteiger partial charge on any atom is -0.426 e. The lowest BCUT2D eigenvalue weighted by atomic mass is 10.1. The van der Waals surface area contributed by atoms with Crippen molar-refractivity contribution in [3.05, 3.63) is 59.7 Å². The van der Waals surface area contributed by atoms with Crippen molar-refractivity contribution in [3.8, 4) is 11.5 Å². The molecule has 2 aromatic carbocycles. The monoisotopic (exact) mass is 526 g/mol. The number of hydrogen-bond donors (Lipinski definition) is 0. The zero-order valence-corrected chi connectivity index (χ0v) is 21.4. The van der Waals surface area contributed by atoms with Crippen molar-refractivity contribution >= 4 is 35.8 Å². The van der Waals surface area contributed by atoms with Gasteiger partial charge in [0.05, 0.1) is 0 Å². The minimum absolute atomic E-state index is 0.00550. The second kappa shape index (κ2) is 15.7. The molecule has 2 aromatic rings. The molecule has 10 heteroatoms. The first kappa shape index (κ1) is 29.9. The summed E-state index contributed by atoms with van der Waals surface area (Å²) in [7, 11) is 0. The van der Waals surface area contributed by atoms with Gasteiger partial charge in [-0.2, -0.15) is 0 Å². The summed E-state index contributed by atoms with van der Waals surface area (Å²) in [5.41, 5.74) is -0.0110. The second-order valence-corrected chi connectivity index (χ2v) is 8.32. The zero-order valence-electron chi connectivity index (χ0n) is 21.4. The summed E-state index contributed by atoms with van der Waals surface area (Å²) in [6.45, 7) is 2.22. The zero-order chi connectivity index (χ0) is 27.9. The summed E-state index contributed by atoms with van der Waals surface area (Å²) in [5, 5.41) is 0. The molecule has 0 atom stereocenters. The molecule has 10 nitrogen and oxygen atoms in total. The number of ether oxygens (including phenoxy) is 4. The number of rotatable bonds is 13. The maximum absolute atomic E-state index is 12.1. The quantitative estimate of drug-likeness (QED) is 0.156. The van der Waals surface area contributed by atoms with Gasteiger partial charge in [0.2, 0.25) is 0 Å². The maximum Gasteiger partial charge on any atom is 0.349 e. The van der Waals surface area contributed by atoms with Crippen molar-refractivity contribution in [1.29, 1.82) is 0 Å². The first-order chi connectivity index (χ1) is 18.2. The van der Waals surface area contributed by atoms with Crippen LogP contribution in [0.15, 0.2) is 48.5 Å². The summed E-state index contributed by atoms with van der Waals surface area (Å²) >= 11 is 0. The van der Waals surface area contributed by atoms with Gasteiger partial charge in [0, 0.05) is 26.7 Å². The summed E-state index contributed by atoms with van der Waals surface area (Å²) in [5.74, 6) is -4.21. The van der Waals surface area contributed by atoms with E-state index in [-0.39, 0.29) is 35.5 Å². The predicted octanol–water partition coefficient (Wildman–Crippen LogP) is 4.73. The Morgan fingerprint density at radius 2 is 0.868 bits per heavy atom. The summed E-state index contributed by atoms with van der Waals surface area (Å²) < 4.78 is 19.6. The molecular formula is C28H30O10. The highest BCUT2D eigenvalue weighted by molar-refractivity contribution is 5.99. The van der Waals surface area contributed by atoms with Gasteiger partial charge in [-0.1, -0.05) is 49.9 Å². The molecule has 0 aliphatic rings. The Bertz CT molecular complexity index is 1080. The Hall–Kier alpha value is -4.34. The fourth-order valence-corrected chi connectivity index (χ4v) is 3.41. The van der Waals surface area contributed by atoms with Gasteiger partial charge in [0.15, 0.2) is 0 Å². The molecule has 0 bridgehead atoms. The highest BCUT2D eigenvalue weighted by atomic mass is 16.6. The minimum atomic E-state index is -0.885. The third-order valence-corrected chi connectivity index (χ3v) is 5.15. The van der Waals surface area contributed by atoms with Crippen molar-refractivity contribution in [2.45, 2.75) is 65.2 Å². The molecule has 202 valence electrons. The van der Waals surface area contributed by atoms with Crippen LogP contribution in [0.4, 0.5) is 0 Å². The Morgan fingerprint density at radius 1 is 0.526 bits per heavy atom. The number of unbranched alkanes of at least 4 members (excludes halogenated alkanes) is 5. The van der Waals surface area contributed by atoms with Crippen LogP contribution in [0.5, 0.6) is 11.5 Å². The molecule has 0 N–H and O–H groups in total. The molecule has 0 aliphatic heterocycles. The van der Waals surface area contributed by atoms with E-state index in [0.717, 1.165) is 39.5 Å². The third kappa shape index (κ3) is 10.7. The van der Waals surface area contributed by atoms with Crippen LogP contribution in [0.2, 0.25) is 0 Å². The SMILES string of the molecule is CC(=O)OC(=O)c1ccccc1OC(=O)CCCCCCCCC(=O)Oc1ccccc1C(=O)OC(C)=O. The van der Waals surface area contributed by atoms with Crippen LogP contribution in [-0.4, -0.2) is 35.8 Å². The Labute approximate surface area is 220 Å². The molecule has 0 aromatic heterocycles. The number of carbonyl (C=O) groups excluding carboxylic acids is 6. The van der Waals surface area contributed by atoms with Gasteiger partial charge < -0.3 is 18.9 Å². The lowest BCUT2D eigenvalue weighted by Gasteiger charge is -2.09. The normalized spacial score (nSPS) is 10.3. The molecule has 0 unspecified atom stereocenters. The van der Waals surface area contributed by atoms with Gasteiger partial charge in [-0.25, -0.2) is 9.59 Å². The van der Waals surface area contributed by atoms with Crippen molar-refractivity contribution < 1.29 is 47.7 Å². The molecule has 38 heavy (non-hydrogen) atoms. The summed E-state index contributed by atoms with van der Waals surface area (Å²) in [6.07, 6.45) is 4.76. The van der Waals surface area contributed by atoms with E-state index in [1.54, 1.807) is 24.3 Å². The molecule has 0 radical (unpaired) electrons. The Morgan fingerprint density at radius 3 is 1.24 bits per heavy atom. The van der Waals surface area contributed by atoms with E-state index in [1.165, 1.54) is 24.3 Å². The molecule has 0 saturated carbocycles. The molecule has 0 aliphatic carbocycles. The summed E-state index contributed by atoms with van der Waals surface area (Å²) in [6, 6.07) is 12.1. The number of hydrogen-bond acceptors (Lipinski definition) is 10. The molecular weight excluding hydrogens is 496 g/mol. The standard InChI is InChI=1S/C28H30O10/c1-19(29)35-27(33)21-13-9-11-15-23(21)37-25(31)17-7-5-3-4-6-8-18-26(32)38-24-16-12-10-14-22(24)28(34)36-20(2)30/h9-16H,3-8,17-18H2,1-2H3. The van der Waals surface area contributed by atoms with E-state index in [2.05, 4.69) is 9.47 Å². The number of carbonyl (C=O) groups is 6. The van der Waals surface area contributed by atoms with Crippen LogP contribution in [0.3, 0.4) is 0 Å². The van der Waals surface area contributed by atoms with Crippen LogP contribution < -0.4 is 9.47 Å². The van der Waals surface area contributed by atoms with Gasteiger partial charge in [-0.05, 0) is 37.1 Å². The van der Waals surface area contributed by atoms with Crippen molar-refractivity contribution in [1.82, 2.24) is 0 Å². The number of benzene rings is 2. The largest absolute Gasteiger partial charge is 0.426 e. The molecule has 0 saturated heterocycles. The van der Waals surface area contributed by atoms with E-state index in [4.69, 9.17) is 9.47 Å². The molecule has 0 heterocycles. The predicted molar refractivity (Wildman–Crippen MR) is 133 cm³/mol. The van der Waals surface area contributed by atoms with Crippen molar-refractivity contribution in [2.24, 2.45) is 0 Å². The third-order valence-electron chi connectivity index (χ3n) is 5.15. The van der Waals surface area contributed by atoms with Gasteiger partial charge in [-0.3, -0.25) is 19.2 Å². The van der Waals surface area contributed by atoms with E-state index in [0.29, 0.717) is 12.8 Å². The average Bonchev–Trinajstić information content (AvgIpc) is 2.85. The van der Waals surface area contributed by atoms with Gasteiger partial charge in [0.1, 0.15) is 22.6 Å². The van der Waals surface area contributed by atoms with Crippen molar-refractivity contribution in [2.75, 3.05) is 0 Å². The van der Waals surface area contributed by atoms with E-state index < -0.39 is 35.8 Å². The van der Waals surface area contributed by atoms with Crippen molar-refractivity contribution in [3.63, 3.8) is 0 Å². The summed E-state index contributed by atoms with van der Waals surface area (Å²) in [4.78, 5) is 70.2. The van der Waals surface area contributed by atoms with Crippen LogP contribution >= 0.6 is 0 Å². The topological polar surface area (TPSA) is 139 Å². The van der Waals surface area contributed by atoms with E-state index >= 15 is 0 Å². The maximum atomic E-state index is 12.1. The van der Waals surface area contributed by atoms with Crippen LogP contribution in [0.1, 0.15) is 85.9 Å². The fraction of sp³-hybridized carbons (Fsp3) is 0.357. The smallest absolute Gasteiger partial charge is 0.349 e. The lowest BCUT2D eigenvalue weighted by molar-refractivity contribution is -0.136. The van der Waals surface area contributed by atoms with Gasteiger partial charge >= 0.3 is 35.8 Å². The first-order valence-electron chi connectivity index (χ1n) is 12.2. The van der Waals surface area contributed by atoms with E-state index in [9.17, 15) is 28.8 Å². The Kier molecular flexibility index (Phi) is 12.4. The van der Waals surface area contributed by atoms with Gasteiger partial charge in [0.25, 0.3) is 0 Å². The van der Waals surface area contributed by atoms with Crippen LogP contribution in [0.25, 0.3) is 0 Å². The fourth-order valence-electron chi connectivity index (χ4n) is 3.41. The highest BCUT2D eigenvalue weighted by Crippen LogP contribution is 2.21. The van der Waals surface area contributed by atoms with Gasteiger partial charge in [-0.15, -0.1) is 0 Å². The number of esters is 6. The molecule has 2 rings (SSSR count). The Balaban J connectivity index is 1.63. The van der Waals surface area contributed by atoms with Crippen LogP contribution in [0, 0.1) is 0 Å². The average molecular weight is 527 g/mol. The van der Waals surface area contributed by atoms with Crippen LogP contribution in [-0.2, 0) is 28.7 Å². The first-order valence-corrected chi connectivity index (χ1v) is 12.2. The lowest BCUT2D eigenvalue weighted by Crippen LogP contribution is -2.14. The number of para-hydroxylation sites is 2. The second-order valence-electron chi connectivity index (χ2n) is 8.32. The molecule has 0 spiro atoms. The van der Waals surface area contributed by atoms with E-state index in [1.807, 2.05) is 0 Å².